The molecule has 0 aromatic heterocycles. The summed E-state index contributed by atoms with van der Waals surface area (Å²) in [6.07, 6.45) is 0.762. The molecule has 0 spiro atoms. The van der Waals surface area contributed by atoms with Gasteiger partial charge in [-0.2, -0.15) is 0 Å². The van der Waals surface area contributed by atoms with Crippen LogP contribution in [0, 0.1) is 0 Å². The Labute approximate surface area is 114 Å². The first-order valence-electron chi connectivity index (χ1n) is 7.10. The lowest BCUT2D eigenvalue weighted by atomic mass is 10.2. The van der Waals surface area contributed by atoms with Gasteiger partial charge in [0.05, 0.1) is 6.17 Å². The van der Waals surface area contributed by atoms with Crippen molar-refractivity contribution in [1.82, 2.24) is 4.90 Å². The average molecular weight is 277 g/mol. The molecule has 0 aliphatic carbocycles. The number of rotatable bonds is 10. The summed E-state index contributed by atoms with van der Waals surface area (Å²) in [5.74, 6) is 0. The summed E-state index contributed by atoms with van der Waals surface area (Å²) < 4.78 is 17.7. The fraction of sp³-hybridized carbons (Fsp3) is 1.00. The molecule has 0 aromatic carbocycles. The second kappa shape index (κ2) is 9.04. The lowest BCUT2D eigenvalue weighted by molar-refractivity contribution is 0.0465. The molecule has 0 saturated heterocycles. The van der Waals surface area contributed by atoms with E-state index in [0.717, 1.165) is 6.17 Å². The van der Waals surface area contributed by atoms with E-state index in [2.05, 4.69) is 32.6 Å². The Kier molecular flexibility index (Phi) is 9.07. The number of nitrogens with zero attached hydrogens (tertiary/aromatic N) is 1. The maximum Gasteiger partial charge on any atom is 0.515 e. The van der Waals surface area contributed by atoms with Crippen LogP contribution in [0.1, 0.15) is 48.5 Å². The summed E-state index contributed by atoms with van der Waals surface area (Å²) in [5.41, 5.74) is 0. The molecule has 0 heterocycles. The Morgan fingerprint density at radius 3 is 1.33 bits per heavy atom. The monoisotopic (exact) mass is 277 g/mol. The minimum absolute atomic E-state index is 0.457. The number of hydrogen-bond donors (Lipinski definition) is 0. The van der Waals surface area contributed by atoms with Crippen LogP contribution in [0.3, 0.4) is 0 Å². The van der Waals surface area contributed by atoms with Crippen molar-refractivity contribution < 1.29 is 13.3 Å². The van der Waals surface area contributed by atoms with Crippen molar-refractivity contribution >= 4 is 8.80 Å². The van der Waals surface area contributed by atoms with E-state index in [-0.39, 0.29) is 0 Å². The molecule has 4 nitrogen and oxygen atoms in total. The van der Waals surface area contributed by atoms with Crippen LogP contribution in [0.15, 0.2) is 0 Å². The molecular weight excluding hydrogens is 246 g/mol. The highest BCUT2D eigenvalue weighted by atomic mass is 28.4. The third-order valence-electron chi connectivity index (χ3n) is 2.80. The molecule has 0 saturated carbocycles. The van der Waals surface area contributed by atoms with E-state index >= 15 is 0 Å². The SMILES string of the molecule is CCO[Si](CN(C(C)C)C(C)C)(OCC)OCC. The normalized spacial score (nSPS) is 13.0. The average Bonchev–Trinajstić information content (AvgIpc) is 2.26. The highest BCUT2D eigenvalue weighted by molar-refractivity contribution is 6.60. The van der Waals surface area contributed by atoms with Crippen LogP contribution in [0.2, 0.25) is 0 Å². The van der Waals surface area contributed by atoms with Gasteiger partial charge in [-0.05, 0) is 48.5 Å². The van der Waals surface area contributed by atoms with Gasteiger partial charge in [-0.3, -0.25) is 4.90 Å². The van der Waals surface area contributed by atoms with Crippen molar-refractivity contribution in [2.24, 2.45) is 0 Å². The van der Waals surface area contributed by atoms with Crippen LogP contribution in [0.4, 0.5) is 0 Å². The van der Waals surface area contributed by atoms with Gasteiger partial charge in [0.25, 0.3) is 0 Å². The Morgan fingerprint density at radius 2 is 1.11 bits per heavy atom. The zero-order valence-electron chi connectivity index (χ0n) is 13.2. The summed E-state index contributed by atoms with van der Waals surface area (Å²) in [5, 5.41) is 0. The van der Waals surface area contributed by atoms with E-state index in [4.69, 9.17) is 13.3 Å². The van der Waals surface area contributed by atoms with Crippen LogP contribution in [0.5, 0.6) is 0 Å². The van der Waals surface area contributed by atoms with Crippen LogP contribution in [-0.4, -0.2) is 51.8 Å². The van der Waals surface area contributed by atoms with Gasteiger partial charge in [-0.25, -0.2) is 0 Å². The van der Waals surface area contributed by atoms with Gasteiger partial charge in [0, 0.05) is 31.9 Å². The van der Waals surface area contributed by atoms with Crippen molar-refractivity contribution in [2.75, 3.05) is 26.0 Å². The minimum atomic E-state index is -2.56. The smallest absolute Gasteiger partial charge is 0.373 e. The van der Waals surface area contributed by atoms with Crippen molar-refractivity contribution in [3.05, 3.63) is 0 Å². The van der Waals surface area contributed by atoms with Gasteiger partial charge in [-0.15, -0.1) is 0 Å². The predicted molar refractivity (Wildman–Crippen MR) is 77.6 cm³/mol. The van der Waals surface area contributed by atoms with E-state index in [1.54, 1.807) is 0 Å². The second-order valence-electron chi connectivity index (χ2n) is 4.84. The molecule has 0 amide bonds. The Balaban J connectivity index is 4.91. The van der Waals surface area contributed by atoms with Gasteiger partial charge < -0.3 is 13.3 Å². The fourth-order valence-electron chi connectivity index (χ4n) is 2.11. The molecule has 0 rings (SSSR count). The van der Waals surface area contributed by atoms with Gasteiger partial charge >= 0.3 is 8.80 Å². The molecule has 0 unspecified atom stereocenters. The number of hydrogen-bond acceptors (Lipinski definition) is 4. The maximum atomic E-state index is 5.89. The highest BCUT2D eigenvalue weighted by Crippen LogP contribution is 2.16. The van der Waals surface area contributed by atoms with E-state index in [1.165, 1.54) is 0 Å². The van der Waals surface area contributed by atoms with Crippen LogP contribution in [-0.2, 0) is 13.3 Å². The first kappa shape index (κ1) is 18.1. The molecule has 0 N–H and O–H groups in total. The van der Waals surface area contributed by atoms with Gasteiger partial charge in [0.2, 0.25) is 0 Å². The summed E-state index contributed by atoms with van der Waals surface area (Å²) in [6.45, 7) is 16.7. The van der Waals surface area contributed by atoms with Crippen molar-refractivity contribution in [1.29, 1.82) is 0 Å². The lowest BCUT2D eigenvalue weighted by Crippen LogP contribution is -2.58. The van der Waals surface area contributed by atoms with E-state index in [1.807, 2.05) is 20.8 Å². The fourth-order valence-corrected chi connectivity index (χ4v) is 5.13. The molecule has 5 heteroatoms. The Bertz CT molecular complexity index is 187. The van der Waals surface area contributed by atoms with Crippen LogP contribution in [0.25, 0.3) is 0 Å². The summed E-state index contributed by atoms with van der Waals surface area (Å²) in [6, 6.07) is 0.913. The quantitative estimate of drug-likeness (QED) is 0.575. The first-order chi connectivity index (χ1) is 8.42. The molecule has 0 fully saturated rings. The second-order valence-corrected chi connectivity index (χ2v) is 7.39. The van der Waals surface area contributed by atoms with E-state index in [0.29, 0.717) is 31.9 Å². The van der Waals surface area contributed by atoms with Crippen molar-refractivity contribution in [3.8, 4) is 0 Å². The third kappa shape index (κ3) is 5.80. The van der Waals surface area contributed by atoms with E-state index < -0.39 is 8.80 Å². The maximum absolute atomic E-state index is 5.89. The molecule has 0 bridgehead atoms. The topological polar surface area (TPSA) is 30.9 Å². The molecule has 0 aromatic rings. The lowest BCUT2D eigenvalue weighted by Gasteiger charge is -2.37. The Morgan fingerprint density at radius 1 is 0.778 bits per heavy atom. The van der Waals surface area contributed by atoms with Crippen molar-refractivity contribution in [2.45, 2.75) is 60.5 Å². The summed E-state index contributed by atoms with van der Waals surface area (Å²) in [7, 11) is -2.56. The van der Waals surface area contributed by atoms with Gasteiger partial charge in [-0.1, -0.05) is 0 Å². The van der Waals surface area contributed by atoms with Gasteiger partial charge in [0.1, 0.15) is 0 Å². The molecule has 110 valence electrons. The van der Waals surface area contributed by atoms with Crippen LogP contribution >= 0.6 is 0 Å². The van der Waals surface area contributed by atoms with Crippen LogP contribution < -0.4 is 0 Å². The minimum Gasteiger partial charge on any atom is -0.373 e. The Hall–Kier alpha value is 0.0569. The van der Waals surface area contributed by atoms with Gasteiger partial charge in [0.15, 0.2) is 0 Å². The largest absolute Gasteiger partial charge is 0.515 e. The molecule has 0 aliphatic heterocycles. The molecule has 0 radical (unpaired) electrons. The summed E-state index contributed by atoms with van der Waals surface area (Å²) >= 11 is 0. The van der Waals surface area contributed by atoms with Crippen molar-refractivity contribution in [3.63, 3.8) is 0 Å². The molecule has 0 atom stereocenters. The zero-order chi connectivity index (χ0) is 14.2. The predicted octanol–water partition coefficient (Wildman–Crippen LogP) is 2.69. The van der Waals surface area contributed by atoms with E-state index in [9.17, 15) is 0 Å². The summed E-state index contributed by atoms with van der Waals surface area (Å²) in [4.78, 5) is 2.38. The first-order valence-corrected chi connectivity index (χ1v) is 9.03. The standard InChI is InChI=1S/C13H31NO3Si/c1-8-15-18(16-9-2,17-10-3)11-14(12(4)5)13(6)7/h12-13H,8-11H2,1-7H3. The molecule has 0 aliphatic rings. The molecule has 18 heavy (non-hydrogen) atoms. The highest BCUT2D eigenvalue weighted by Gasteiger charge is 2.43. The zero-order valence-corrected chi connectivity index (χ0v) is 14.2. The third-order valence-corrected chi connectivity index (χ3v) is 5.73. The molecular formula is C13H31NO3Si.